The van der Waals surface area contributed by atoms with E-state index in [0.29, 0.717) is 5.89 Å². The summed E-state index contributed by atoms with van der Waals surface area (Å²) in [5, 5.41) is 14.0. The molecule has 0 spiro atoms. The summed E-state index contributed by atoms with van der Waals surface area (Å²) in [6.07, 6.45) is 3.53. The van der Waals surface area contributed by atoms with Crippen molar-refractivity contribution in [2.45, 2.75) is 6.92 Å². The Balaban J connectivity index is 1.83. The minimum atomic E-state index is 0.193. The maximum atomic E-state index is 8.89. The van der Waals surface area contributed by atoms with E-state index in [1.807, 2.05) is 36.5 Å². The normalized spacial score (nSPS) is 11.0. The number of rotatable bonds is 3. The van der Waals surface area contributed by atoms with Crippen LogP contribution in [0.25, 0.3) is 10.9 Å². The van der Waals surface area contributed by atoms with Gasteiger partial charge >= 0.3 is 0 Å². The van der Waals surface area contributed by atoms with Crippen molar-refractivity contribution in [2.24, 2.45) is 5.10 Å². The Morgan fingerprint density at radius 3 is 3.15 bits per heavy atom. The van der Waals surface area contributed by atoms with E-state index < -0.39 is 0 Å². The van der Waals surface area contributed by atoms with E-state index in [1.54, 1.807) is 13.1 Å². The molecule has 0 bridgehead atoms. The maximum Gasteiger partial charge on any atom is 0.252 e. The summed E-state index contributed by atoms with van der Waals surface area (Å²) in [6.45, 7) is 1.68. The second-order valence-corrected chi connectivity index (χ2v) is 4.18. The number of benzene rings is 1. The first kappa shape index (κ1) is 12.0. The highest BCUT2D eigenvalue weighted by Crippen LogP contribution is 2.17. The quantitative estimate of drug-likeness (QED) is 0.562. The van der Waals surface area contributed by atoms with Gasteiger partial charge in [-0.05, 0) is 6.07 Å². The molecule has 2 aromatic heterocycles. The van der Waals surface area contributed by atoms with Crippen molar-refractivity contribution in [3.8, 4) is 6.07 Å². The standard InChI is InChI=1S/C14H11N5O/c1-9-18-13(6-15)14(20-9)19-17-8-10-7-16-12-5-3-2-4-11(10)12/h2-5,7-8,16,19H,1H3/b17-8+. The van der Waals surface area contributed by atoms with Gasteiger partial charge in [0.2, 0.25) is 5.69 Å². The lowest BCUT2D eigenvalue weighted by Crippen LogP contribution is -1.91. The molecule has 0 fully saturated rings. The van der Waals surface area contributed by atoms with Crippen molar-refractivity contribution in [3.63, 3.8) is 0 Å². The first-order valence-corrected chi connectivity index (χ1v) is 6.00. The fourth-order valence-corrected chi connectivity index (χ4v) is 1.94. The monoisotopic (exact) mass is 265 g/mol. The third kappa shape index (κ3) is 2.12. The fraction of sp³-hybridized carbons (Fsp3) is 0.0714. The number of H-pyrrole nitrogens is 1. The van der Waals surface area contributed by atoms with Crippen LogP contribution in [-0.2, 0) is 0 Å². The largest absolute Gasteiger partial charge is 0.422 e. The van der Waals surface area contributed by atoms with E-state index in [1.165, 1.54) is 0 Å². The topological polar surface area (TPSA) is 90.0 Å². The lowest BCUT2D eigenvalue weighted by Gasteiger charge is -1.94. The van der Waals surface area contributed by atoms with Crippen LogP contribution in [0, 0.1) is 18.3 Å². The Hall–Kier alpha value is -3.07. The third-order valence-corrected chi connectivity index (χ3v) is 2.83. The van der Waals surface area contributed by atoms with Crippen LogP contribution >= 0.6 is 0 Å². The highest BCUT2D eigenvalue weighted by atomic mass is 16.4. The van der Waals surface area contributed by atoms with Crippen LogP contribution < -0.4 is 5.43 Å². The fourth-order valence-electron chi connectivity index (χ4n) is 1.94. The smallest absolute Gasteiger partial charge is 0.252 e. The number of hydrogen-bond donors (Lipinski definition) is 2. The minimum absolute atomic E-state index is 0.193. The number of nitriles is 1. The van der Waals surface area contributed by atoms with E-state index in [2.05, 4.69) is 20.5 Å². The average molecular weight is 265 g/mol. The SMILES string of the molecule is Cc1nc(C#N)c(N/N=C/c2c[nH]c3ccccc23)o1. The van der Waals surface area contributed by atoms with Gasteiger partial charge in [-0.2, -0.15) is 10.4 Å². The van der Waals surface area contributed by atoms with Crippen LogP contribution in [0.1, 0.15) is 17.1 Å². The number of anilines is 1. The molecule has 0 saturated carbocycles. The number of aryl methyl sites for hydroxylation is 1. The predicted molar refractivity (Wildman–Crippen MR) is 75.5 cm³/mol. The average Bonchev–Trinajstić information content (AvgIpc) is 3.03. The molecule has 0 radical (unpaired) electrons. The van der Waals surface area contributed by atoms with Crippen LogP contribution in [0.3, 0.4) is 0 Å². The summed E-state index contributed by atoms with van der Waals surface area (Å²) in [4.78, 5) is 7.08. The molecule has 0 aliphatic carbocycles. The predicted octanol–water partition coefficient (Wildman–Crippen LogP) is 2.78. The van der Waals surface area contributed by atoms with Crippen molar-refractivity contribution in [3.05, 3.63) is 47.6 Å². The van der Waals surface area contributed by atoms with Gasteiger partial charge in [0.25, 0.3) is 5.88 Å². The van der Waals surface area contributed by atoms with Crippen LogP contribution in [0.2, 0.25) is 0 Å². The summed E-state index contributed by atoms with van der Waals surface area (Å²) >= 11 is 0. The maximum absolute atomic E-state index is 8.89. The Labute approximate surface area is 114 Å². The summed E-state index contributed by atoms with van der Waals surface area (Å²) in [5.74, 6) is 0.674. The van der Waals surface area contributed by atoms with Gasteiger partial charge in [0, 0.05) is 29.6 Å². The molecule has 6 heteroatoms. The number of para-hydroxylation sites is 1. The highest BCUT2D eigenvalue weighted by molar-refractivity contribution is 5.99. The molecule has 0 unspecified atom stereocenters. The van der Waals surface area contributed by atoms with E-state index in [-0.39, 0.29) is 11.6 Å². The molecule has 1 aromatic carbocycles. The minimum Gasteiger partial charge on any atom is -0.422 e. The van der Waals surface area contributed by atoms with Crippen LogP contribution in [0.4, 0.5) is 5.88 Å². The molecule has 98 valence electrons. The van der Waals surface area contributed by atoms with Crippen LogP contribution in [-0.4, -0.2) is 16.2 Å². The molecule has 20 heavy (non-hydrogen) atoms. The lowest BCUT2D eigenvalue weighted by atomic mass is 10.2. The summed E-state index contributed by atoms with van der Waals surface area (Å²) < 4.78 is 5.25. The van der Waals surface area contributed by atoms with E-state index >= 15 is 0 Å². The van der Waals surface area contributed by atoms with E-state index in [9.17, 15) is 0 Å². The van der Waals surface area contributed by atoms with Gasteiger partial charge in [0.05, 0.1) is 6.21 Å². The van der Waals surface area contributed by atoms with E-state index in [4.69, 9.17) is 9.68 Å². The van der Waals surface area contributed by atoms with Gasteiger partial charge in [-0.15, -0.1) is 0 Å². The zero-order chi connectivity index (χ0) is 13.9. The molecule has 0 amide bonds. The molecule has 0 saturated heterocycles. The van der Waals surface area contributed by atoms with Gasteiger partial charge in [-0.25, -0.2) is 10.4 Å². The molecule has 3 rings (SSSR count). The van der Waals surface area contributed by atoms with Gasteiger partial charge in [0.1, 0.15) is 6.07 Å². The van der Waals surface area contributed by atoms with Crippen molar-refractivity contribution in [1.29, 1.82) is 5.26 Å². The van der Waals surface area contributed by atoms with Crippen LogP contribution in [0.5, 0.6) is 0 Å². The molecule has 2 N–H and O–H groups in total. The van der Waals surface area contributed by atoms with Crippen molar-refractivity contribution < 1.29 is 4.42 Å². The van der Waals surface area contributed by atoms with Gasteiger partial charge < -0.3 is 9.40 Å². The number of aromatic nitrogens is 2. The van der Waals surface area contributed by atoms with Crippen molar-refractivity contribution in [2.75, 3.05) is 5.43 Å². The highest BCUT2D eigenvalue weighted by Gasteiger charge is 2.08. The number of nitrogens with zero attached hydrogens (tertiary/aromatic N) is 3. The second kappa shape index (κ2) is 4.90. The lowest BCUT2D eigenvalue weighted by molar-refractivity contribution is 0.533. The summed E-state index contributed by atoms with van der Waals surface area (Å²) in [7, 11) is 0. The van der Waals surface area contributed by atoms with Gasteiger partial charge in [-0.1, -0.05) is 18.2 Å². The molecule has 0 aliphatic heterocycles. The molecule has 3 aromatic rings. The molecular weight excluding hydrogens is 254 g/mol. The first-order valence-electron chi connectivity index (χ1n) is 6.00. The number of fused-ring (bicyclic) bond motifs is 1. The molecule has 2 heterocycles. The first-order chi connectivity index (χ1) is 9.78. The summed E-state index contributed by atoms with van der Waals surface area (Å²) in [6, 6.07) is 9.88. The Kier molecular flexibility index (Phi) is 2.94. The molecule has 0 atom stereocenters. The zero-order valence-electron chi connectivity index (χ0n) is 10.7. The summed E-state index contributed by atoms with van der Waals surface area (Å²) in [5.41, 5.74) is 4.88. The number of aromatic amines is 1. The molecule has 0 aliphatic rings. The van der Waals surface area contributed by atoms with Crippen molar-refractivity contribution >= 4 is 23.0 Å². The molecule has 6 nitrogen and oxygen atoms in total. The van der Waals surface area contributed by atoms with E-state index in [0.717, 1.165) is 16.5 Å². The van der Waals surface area contributed by atoms with Crippen LogP contribution in [0.15, 0.2) is 40.0 Å². The van der Waals surface area contributed by atoms with Gasteiger partial charge in [0.15, 0.2) is 5.89 Å². The Bertz CT molecular complexity index is 822. The Morgan fingerprint density at radius 2 is 2.30 bits per heavy atom. The number of oxazole rings is 1. The zero-order valence-corrected chi connectivity index (χ0v) is 10.7. The number of hydrogen-bond acceptors (Lipinski definition) is 5. The second-order valence-electron chi connectivity index (χ2n) is 4.18. The number of nitrogens with one attached hydrogen (secondary N) is 2. The van der Waals surface area contributed by atoms with Crippen molar-refractivity contribution in [1.82, 2.24) is 9.97 Å². The third-order valence-electron chi connectivity index (χ3n) is 2.83. The van der Waals surface area contributed by atoms with Gasteiger partial charge in [-0.3, -0.25) is 0 Å². The number of hydrazone groups is 1. The Morgan fingerprint density at radius 1 is 1.45 bits per heavy atom. The molecular formula is C14H11N5O.